The van der Waals surface area contributed by atoms with Crippen LogP contribution in [0.25, 0.3) is 0 Å². The van der Waals surface area contributed by atoms with E-state index in [1.54, 1.807) is 13.8 Å². The van der Waals surface area contributed by atoms with Crippen molar-refractivity contribution < 1.29 is 9.90 Å². The molecule has 1 atom stereocenters. The Morgan fingerprint density at radius 1 is 1.53 bits per heavy atom. The number of rotatable bonds is 5. The van der Waals surface area contributed by atoms with E-state index in [-0.39, 0.29) is 6.04 Å². The molecule has 3 nitrogen and oxygen atoms in total. The molecule has 94 valence electrons. The molecule has 0 amide bonds. The second kappa shape index (κ2) is 5.65. The van der Waals surface area contributed by atoms with Crippen LogP contribution in [0, 0.1) is 5.41 Å². The molecule has 4 heteroatoms. The van der Waals surface area contributed by atoms with Crippen molar-refractivity contribution in [1.82, 2.24) is 5.32 Å². The van der Waals surface area contributed by atoms with Crippen molar-refractivity contribution in [3.05, 3.63) is 34.3 Å². The Labute approximate surface area is 110 Å². The summed E-state index contributed by atoms with van der Waals surface area (Å²) < 4.78 is 1.00. The highest BCUT2D eigenvalue weighted by atomic mass is 79.9. The van der Waals surface area contributed by atoms with Gasteiger partial charge in [-0.1, -0.05) is 28.1 Å². The molecule has 0 heterocycles. The zero-order chi connectivity index (χ0) is 13.1. The zero-order valence-electron chi connectivity index (χ0n) is 10.3. The van der Waals surface area contributed by atoms with Crippen molar-refractivity contribution in [2.24, 2.45) is 5.41 Å². The zero-order valence-corrected chi connectivity index (χ0v) is 11.9. The van der Waals surface area contributed by atoms with Gasteiger partial charge in [-0.2, -0.15) is 0 Å². The topological polar surface area (TPSA) is 49.3 Å². The van der Waals surface area contributed by atoms with Crippen LogP contribution in [0.2, 0.25) is 0 Å². The number of carbonyl (C=O) groups is 1. The normalized spacial score (nSPS) is 13.4. The van der Waals surface area contributed by atoms with Crippen LogP contribution in [0.4, 0.5) is 0 Å². The highest BCUT2D eigenvalue weighted by Gasteiger charge is 2.30. The van der Waals surface area contributed by atoms with Crippen molar-refractivity contribution in [2.75, 3.05) is 7.05 Å². The lowest BCUT2D eigenvalue weighted by Gasteiger charge is -2.26. The van der Waals surface area contributed by atoms with Crippen molar-refractivity contribution >= 4 is 21.9 Å². The van der Waals surface area contributed by atoms with Crippen LogP contribution in [-0.4, -0.2) is 18.1 Å². The fraction of sp³-hybridized carbons (Fsp3) is 0.462. The summed E-state index contributed by atoms with van der Waals surface area (Å²) in [5.74, 6) is -0.771. The molecule has 0 saturated carbocycles. The summed E-state index contributed by atoms with van der Waals surface area (Å²) in [6.45, 7) is 3.50. The van der Waals surface area contributed by atoms with E-state index < -0.39 is 11.4 Å². The first-order chi connectivity index (χ1) is 7.86. The summed E-state index contributed by atoms with van der Waals surface area (Å²) in [6, 6.07) is 7.97. The maximum atomic E-state index is 11.1. The van der Waals surface area contributed by atoms with Gasteiger partial charge in [0.1, 0.15) is 0 Å². The third kappa shape index (κ3) is 3.82. The minimum Gasteiger partial charge on any atom is -0.481 e. The van der Waals surface area contributed by atoms with Gasteiger partial charge >= 0.3 is 5.97 Å². The van der Waals surface area contributed by atoms with Crippen molar-refractivity contribution in [3.63, 3.8) is 0 Å². The Bertz CT molecular complexity index is 404. The monoisotopic (exact) mass is 299 g/mol. The van der Waals surface area contributed by atoms with E-state index in [0.29, 0.717) is 6.42 Å². The lowest BCUT2D eigenvalue weighted by Crippen LogP contribution is -2.30. The average Bonchev–Trinajstić information content (AvgIpc) is 2.25. The molecule has 1 aromatic rings. The number of hydrogen-bond donors (Lipinski definition) is 2. The number of nitrogens with one attached hydrogen (secondary N) is 1. The molecule has 2 N–H and O–H groups in total. The molecule has 1 unspecified atom stereocenters. The van der Waals surface area contributed by atoms with Gasteiger partial charge in [-0.05, 0) is 45.0 Å². The maximum Gasteiger partial charge on any atom is 0.309 e. The molecule has 0 saturated heterocycles. The van der Waals surface area contributed by atoms with Crippen LogP contribution < -0.4 is 5.32 Å². The molecule has 1 aromatic carbocycles. The maximum absolute atomic E-state index is 11.1. The molecular weight excluding hydrogens is 282 g/mol. The third-order valence-electron chi connectivity index (χ3n) is 2.89. The van der Waals surface area contributed by atoms with Gasteiger partial charge < -0.3 is 10.4 Å². The molecule has 0 aliphatic heterocycles. The number of carboxylic acids is 1. The Balaban J connectivity index is 2.90. The van der Waals surface area contributed by atoms with Crippen LogP contribution in [0.5, 0.6) is 0 Å². The molecule has 0 aliphatic rings. The summed E-state index contributed by atoms with van der Waals surface area (Å²) in [6.07, 6.45) is 0.551. The summed E-state index contributed by atoms with van der Waals surface area (Å²) in [4.78, 5) is 11.1. The SMILES string of the molecule is CNC(CC(C)(C)C(=O)O)c1cccc(Br)c1. The van der Waals surface area contributed by atoms with Crippen LogP contribution in [-0.2, 0) is 4.79 Å². The molecule has 0 radical (unpaired) electrons. The molecular formula is C13H18BrNO2. The minimum absolute atomic E-state index is 0.0404. The predicted octanol–water partition coefficient (Wildman–Crippen LogP) is 3.21. The van der Waals surface area contributed by atoms with E-state index in [0.717, 1.165) is 10.0 Å². The van der Waals surface area contributed by atoms with Gasteiger partial charge in [0.05, 0.1) is 5.41 Å². The lowest BCUT2D eigenvalue weighted by atomic mass is 9.83. The molecule has 0 aliphatic carbocycles. The molecule has 0 aromatic heterocycles. The highest BCUT2D eigenvalue weighted by Crippen LogP contribution is 2.31. The molecule has 1 rings (SSSR count). The summed E-state index contributed by atoms with van der Waals surface area (Å²) in [5, 5.41) is 12.3. The van der Waals surface area contributed by atoms with E-state index >= 15 is 0 Å². The number of halogens is 1. The summed E-state index contributed by atoms with van der Waals surface area (Å²) >= 11 is 3.42. The van der Waals surface area contributed by atoms with E-state index in [4.69, 9.17) is 5.11 Å². The summed E-state index contributed by atoms with van der Waals surface area (Å²) in [7, 11) is 1.85. The fourth-order valence-corrected chi connectivity index (χ4v) is 2.12. The van der Waals surface area contributed by atoms with Gasteiger partial charge in [-0.25, -0.2) is 0 Å². The van der Waals surface area contributed by atoms with Gasteiger partial charge in [0, 0.05) is 10.5 Å². The van der Waals surface area contributed by atoms with Crippen LogP contribution >= 0.6 is 15.9 Å². The second-order valence-corrected chi connectivity index (χ2v) is 5.71. The molecule has 17 heavy (non-hydrogen) atoms. The number of aliphatic carboxylic acids is 1. The number of benzene rings is 1. The Hall–Kier alpha value is -0.870. The number of hydrogen-bond acceptors (Lipinski definition) is 2. The van der Waals surface area contributed by atoms with Crippen molar-refractivity contribution in [1.29, 1.82) is 0 Å². The van der Waals surface area contributed by atoms with Crippen molar-refractivity contribution in [2.45, 2.75) is 26.3 Å². The van der Waals surface area contributed by atoms with Gasteiger partial charge in [0.15, 0.2) is 0 Å². The quantitative estimate of drug-likeness (QED) is 0.878. The first kappa shape index (κ1) is 14.2. The Morgan fingerprint density at radius 2 is 2.18 bits per heavy atom. The largest absolute Gasteiger partial charge is 0.481 e. The van der Waals surface area contributed by atoms with Gasteiger partial charge in [-0.3, -0.25) is 4.79 Å². The van der Waals surface area contributed by atoms with E-state index in [1.807, 2.05) is 31.3 Å². The first-order valence-corrected chi connectivity index (χ1v) is 6.32. The molecule has 0 bridgehead atoms. The highest BCUT2D eigenvalue weighted by molar-refractivity contribution is 9.10. The standard InChI is InChI=1S/C13H18BrNO2/c1-13(2,12(16)17)8-11(15-3)9-5-4-6-10(14)7-9/h4-7,11,15H,8H2,1-3H3,(H,16,17). The molecule has 0 spiro atoms. The third-order valence-corrected chi connectivity index (χ3v) is 3.39. The lowest BCUT2D eigenvalue weighted by molar-refractivity contribution is -0.147. The van der Waals surface area contributed by atoms with E-state index in [2.05, 4.69) is 21.2 Å². The summed E-state index contributed by atoms with van der Waals surface area (Å²) in [5.41, 5.74) is 0.354. The number of carboxylic acid groups (broad SMARTS) is 1. The van der Waals surface area contributed by atoms with E-state index in [9.17, 15) is 4.79 Å². The Kier molecular flexibility index (Phi) is 4.71. The van der Waals surface area contributed by atoms with Gasteiger partial charge in [0.25, 0.3) is 0 Å². The fourth-order valence-electron chi connectivity index (χ4n) is 1.71. The second-order valence-electron chi connectivity index (χ2n) is 4.79. The van der Waals surface area contributed by atoms with Gasteiger partial charge in [0.2, 0.25) is 0 Å². The van der Waals surface area contributed by atoms with Crippen LogP contribution in [0.3, 0.4) is 0 Å². The van der Waals surface area contributed by atoms with Crippen LogP contribution in [0.15, 0.2) is 28.7 Å². The Morgan fingerprint density at radius 3 is 2.65 bits per heavy atom. The van der Waals surface area contributed by atoms with Gasteiger partial charge in [-0.15, -0.1) is 0 Å². The minimum atomic E-state index is -0.771. The smallest absolute Gasteiger partial charge is 0.309 e. The average molecular weight is 300 g/mol. The predicted molar refractivity (Wildman–Crippen MR) is 72.0 cm³/mol. The first-order valence-electron chi connectivity index (χ1n) is 5.53. The van der Waals surface area contributed by atoms with Crippen LogP contribution in [0.1, 0.15) is 31.9 Å². The van der Waals surface area contributed by atoms with E-state index in [1.165, 1.54) is 0 Å². The molecule has 0 fully saturated rings. The van der Waals surface area contributed by atoms with Crippen molar-refractivity contribution in [3.8, 4) is 0 Å².